The summed E-state index contributed by atoms with van der Waals surface area (Å²) in [5.74, 6) is -2.50. The Hall–Kier alpha value is -2.91. The Morgan fingerprint density at radius 2 is 1.83 bits per heavy atom. The maximum atomic E-state index is 13.3. The minimum absolute atomic E-state index is 0.286. The SMILES string of the molecule is O=C(Cn1ccc(C(F)(F)F)n1)NNC(=O)c1ccccc1F. The highest BCUT2D eigenvalue weighted by atomic mass is 19.4. The predicted octanol–water partition coefficient (Wildman–Crippen LogP) is 1.50. The zero-order valence-corrected chi connectivity index (χ0v) is 11.4. The van der Waals surface area contributed by atoms with Gasteiger partial charge in [0.25, 0.3) is 11.8 Å². The first kappa shape index (κ1) is 16.5. The van der Waals surface area contributed by atoms with Gasteiger partial charge in [-0.15, -0.1) is 0 Å². The van der Waals surface area contributed by atoms with E-state index in [0.717, 1.165) is 16.9 Å². The van der Waals surface area contributed by atoms with Crippen molar-refractivity contribution in [2.75, 3.05) is 0 Å². The molecule has 2 N–H and O–H groups in total. The van der Waals surface area contributed by atoms with Crippen LogP contribution in [0.4, 0.5) is 17.6 Å². The number of hydrogen-bond acceptors (Lipinski definition) is 3. The minimum atomic E-state index is -4.61. The monoisotopic (exact) mass is 330 g/mol. The molecule has 2 aromatic rings. The van der Waals surface area contributed by atoms with Crippen molar-refractivity contribution in [3.8, 4) is 0 Å². The summed E-state index contributed by atoms with van der Waals surface area (Å²) < 4.78 is 51.1. The number of nitrogens with zero attached hydrogens (tertiary/aromatic N) is 2. The van der Waals surface area contributed by atoms with Gasteiger partial charge < -0.3 is 0 Å². The Morgan fingerprint density at radius 3 is 2.43 bits per heavy atom. The van der Waals surface area contributed by atoms with Gasteiger partial charge in [0, 0.05) is 6.20 Å². The number of halogens is 4. The Kier molecular flexibility index (Phi) is 4.63. The fourth-order valence-electron chi connectivity index (χ4n) is 1.63. The first-order valence-electron chi connectivity index (χ1n) is 6.22. The quantitative estimate of drug-likeness (QED) is 0.661. The van der Waals surface area contributed by atoms with Gasteiger partial charge in [-0.3, -0.25) is 25.1 Å². The van der Waals surface area contributed by atoms with Gasteiger partial charge in [0.2, 0.25) is 0 Å². The molecule has 2 rings (SSSR count). The Bertz CT molecular complexity index is 727. The molecule has 0 aliphatic rings. The van der Waals surface area contributed by atoms with Crippen molar-refractivity contribution in [3.05, 3.63) is 53.6 Å². The van der Waals surface area contributed by atoms with Crippen molar-refractivity contribution in [2.45, 2.75) is 12.7 Å². The van der Waals surface area contributed by atoms with Crippen LogP contribution in [-0.2, 0) is 17.5 Å². The van der Waals surface area contributed by atoms with E-state index in [1.54, 1.807) is 0 Å². The van der Waals surface area contributed by atoms with E-state index < -0.39 is 36.0 Å². The molecule has 1 aromatic heterocycles. The van der Waals surface area contributed by atoms with Gasteiger partial charge in [-0.1, -0.05) is 12.1 Å². The summed E-state index contributed by atoms with van der Waals surface area (Å²) in [6.07, 6.45) is -3.64. The first-order chi connectivity index (χ1) is 10.8. The molecule has 0 aliphatic carbocycles. The lowest BCUT2D eigenvalue weighted by Gasteiger charge is -2.08. The van der Waals surface area contributed by atoms with Crippen LogP contribution in [0.25, 0.3) is 0 Å². The normalized spacial score (nSPS) is 11.1. The van der Waals surface area contributed by atoms with E-state index in [1.807, 2.05) is 10.9 Å². The zero-order chi connectivity index (χ0) is 17.0. The standard InChI is InChI=1S/C13H10F4N4O2/c14-9-4-2-1-3-8(9)12(23)19-18-11(22)7-21-6-5-10(20-21)13(15,16)17/h1-6H,7H2,(H,18,22)(H,19,23). The minimum Gasteiger partial charge on any atom is -0.271 e. The van der Waals surface area contributed by atoms with Gasteiger partial charge in [0.05, 0.1) is 5.56 Å². The van der Waals surface area contributed by atoms with E-state index >= 15 is 0 Å². The highest BCUT2D eigenvalue weighted by Crippen LogP contribution is 2.27. The summed E-state index contributed by atoms with van der Waals surface area (Å²) in [7, 11) is 0. The third-order valence-electron chi connectivity index (χ3n) is 2.67. The van der Waals surface area contributed by atoms with E-state index in [9.17, 15) is 27.2 Å². The smallest absolute Gasteiger partial charge is 0.271 e. The molecule has 0 radical (unpaired) electrons. The van der Waals surface area contributed by atoms with Crippen molar-refractivity contribution in [1.82, 2.24) is 20.6 Å². The highest BCUT2D eigenvalue weighted by molar-refractivity contribution is 5.95. The molecule has 0 aliphatic heterocycles. The van der Waals surface area contributed by atoms with Crippen LogP contribution < -0.4 is 10.9 Å². The maximum absolute atomic E-state index is 13.3. The zero-order valence-electron chi connectivity index (χ0n) is 11.4. The number of amides is 2. The van der Waals surface area contributed by atoms with Crippen LogP contribution >= 0.6 is 0 Å². The summed E-state index contributed by atoms with van der Waals surface area (Å²) in [4.78, 5) is 23.2. The van der Waals surface area contributed by atoms with Gasteiger partial charge in [0.15, 0.2) is 5.69 Å². The summed E-state index contributed by atoms with van der Waals surface area (Å²) in [5, 5.41) is 3.18. The molecule has 0 bridgehead atoms. The summed E-state index contributed by atoms with van der Waals surface area (Å²) in [5.41, 5.74) is 2.49. The number of benzene rings is 1. The topological polar surface area (TPSA) is 76.0 Å². The molecule has 23 heavy (non-hydrogen) atoms. The summed E-state index contributed by atoms with van der Waals surface area (Å²) in [6.45, 7) is -0.548. The Balaban J connectivity index is 1.89. The number of carbonyl (C=O) groups is 2. The lowest BCUT2D eigenvalue weighted by atomic mass is 10.2. The highest BCUT2D eigenvalue weighted by Gasteiger charge is 2.33. The molecule has 0 saturated heterocycles. The number of nitrogens with one attached hydrogen (secondary N) is 2. The summed E-state index contributed by atoms with van der Waals surface area (Å²) in [6, 6.07) is 5.81. The van der Waals surface area contributed by atoms with Crippen LogP contribution in [0.3, 0.4) is 0 Å². The number of aromatic nitrogens is 2. The van der Waals surface area contributed by atoms with E-state index in [2.05, 4.69) is 5.10 Å². The van der Waals surface area contributed by atoms with E-state index in [4.69, 9.17) is 0 Å². The molecule has 0 spiro atoms. The number of hydrogen-bond donors (Lipinski definition) is 2. The Labute approximate surface area is 127 Å². The lowest BCUT2D eigenvalue weighted by molar-refractivity contribution is -0.141. The van der Waals surface area contributed by atoms with E-state index in [1.165, 1.54) is 18.2 Å². The van der Waals surface area contributed by atoms with E-state index in [0.29, 0.717) is 6.07 Å². The number of carbonyl (C=O) groups excluding carboxylic acids is 2. The third-order valence-corrected chi connectivity index (χ3v) is 2.67. The molecule has 0 atom stereocenters. The largest absolute Gasteiger partial charge is 0.435 e. The molecule has 1 aromatic carbocycles. The first-order valence-corrected chi connectivity index (χ1v) is 6.22. The molecule has 0 unspecified atom stereocenters. The Morgan fingerprint density at radius 1 is 1.13 bits per heavy atom. The van der Waals surface area contributed by atoms with Crippen LogP contribution in [-0.4, -0.2) is 21.6 Å². The molecule has 0 saturated carbocycles. The molecule has 122 valence electrons. The second kappa shape index (κ2) is 6.46. The fourth-order valence-corrected chi connectivity index (χ4v) is 1.63. The van der Waals surface area contributed by atoms with Gasteiger partial charge in [0.1, 0.15) is 12.4 Å². The summed E-state index contributed by atoms with van der Waals surface area (Å²) >= 11 is 0. The second-order valence-corrected chi connectivity index (χ2v) is 4.38. The average molecular weight is 330 g/mol. The van der Waals surface area contributed by atoms with Crippen LogP contribution in [0.2, 0.25) is 0 Å². The molecule has 10 heteroatoms. The van der Waals surface area contributed by atoms with Crippen LogP contribution in [0.1, 0.15) is 16.1 Å². The molecule has 0 fully saturated rings. The predicted molar refractivity (Wildman–Crippen MR) is 69.2 cm³/mol. The molecule has 6 nitrogen and oxygen atoms in total. The average Bonchev–Trinajstić information content (AvgIpc) is 2.94. The van der Waals surface area contributed by atoms with Crippen LogP contribution in [0.5, 0.6) is 0 Å². The molecular weight excluding hydrogens is 320 g/mol. The van der Waals surface area contributed by atoms with Gasteiger partial charge in [-0.2, -0.15) is 18.3 Å². The van der Waals surface area contributed by atoms with Crippen LogP contribution in [0.15, 0.2) is 36.5 Å². The molecule has 1 heterocycles. The second-order valence-electron chi connectivity index (χ2n) is 4.38. The van der Waals surface area contributed by atoms with Crippen molar-refractivity contribution in [2.24, 2.45) is 0 Å². The van der Waals surface area contributed by atoms with Gasteiger partial charge >= 0.3 is 6.18 Å². The fraction of sp³-hybridized carbons (Fsp3) is 0.154. The number of hydrazine groups is 1. The third kappa shape index (κ3) is 4.28. The number of rotatable bonds is 3. The van der Waals surface area contributed by atoms with Crippen molar-refractivity contribution in [1.29, 1.82) is 0 Å². The van der Waals surface area contributed by atoms with Crippen molar-refractivity contribution < 1.29 is 27.2 Å². The van der Waals surface area contributed by atoms with Crippen LogP contribution in [0, 0.1) is 5.82 Å². The number of alkyl halides is 3. The maximum Gasteiger partial charge on any atom is 0.435 e. The van der Waals surface area contributed by atoms with E-state index in [-0.39, 0.29) is 5.56 Å². The van der Waals surface area contributed by atoms with Gasteiger partial charge in [-0.05, 0) is 18.2 Å². The van der Waals surface area contributed by atoms with Crippen molar-refractivity contribution >= 4 is 11.8 Å². The lowest BCUT2D eigenvalue weighted by Crippen LogP contribution is -2.43. The van der Waals surface area contributed by atoms with Gasteiger partial charge in [-0.25, -0.2) is 4.39 Å². The molecular formula is C13H10F4N4O2. The van der Waals surface area contributed by atoms with Crippen molar-refractivity contribution in [3.63, 3.8) is 0 Å². The molecule has 2 amide bonds.